The van der Waals surface area contributed by atoms with Crippen molar-refractivity contribution in [1.29, 1.82) is 0 Å². The monoisotopic (exact) mass is 405 g/mol. The van der Waals surface area contributed by atoms with Gasteiger partial charge in [0.15, 0.2) is 0 Å². The van der Waals surface area contributed by atoms with Crippen LogP contribution in [0.4, 0.5) is 0 Å². The van der Waals surface area contributed by atoms with Crippen molar-refractivity contribution in [3.63, 3.8) is 0 Å². The topological polar surface area (TPSA) is 55.4 Å². The number of amides is 2. The number of fused-ring (bicyclic) bond motifs is 3. The highest BCUT2D eigenvalue weighted by molar-refractivity contribution is 6.05. The predicted molar refractivity (Wildman–Crippen MR) is 115 cm³/mol. The Bertz CT molecular complexity index is 943. The van der Waals surface area contributed by atoms with E-state index in [2.05, 4.69) is 42.3 Å². The first-order valence-electron chi connectivity index (χ1n) is 11.5. The maximum absolute atomic E-state index is 13.8. The highest BCUT2D eigenvalue weighted by Crippen LogP contribution is 2.64. The van der Waals surface area contributed by atoms with Crippen LogP contribution in [0.25, 0.3) is 0 Å². The van der Waals surface area contributed by atoms with Crippen molar-refractivity contribution in [2.45, 2.75) is 76.2 Å². The van der Waals surface area contributed by atoms with Crippen LogP contribution in [0.1, 0.15) is 75.0 Å². The van der Waals surface area contributed by atoms with Gasteiger partial charge in [-0.25, -0.2) is 0 Å². The van der Waals surface area contributed by atoms with E-state index < -0.39 is 5.41 Å². The lowest BCUT2D eigenvalue weighted by molar-refractivity contribution is -0.149. The molecule has 0 aromatic heterocycles. The first-order valence-corrected chi connectivity index (χ1v) is 11.5. The first-order chi connectivity index (χ1) is 14.5. The van der Waals surface area contributed by atoms with E-state index >= 15 is 0 Å². The zero-order chi connectivity index (χ0) is 20.9. The molecule has 2 saturated carbocycles. The molecule has 3 fully saturated rings. The van der Waals surface area contributed by atoms with Gasteiger partial charge in [-0.3, -0.25) is 14.9 Å². The minimum atomic E-state index is -0.638. The predicted octanol–water partition coefficient (Wildman–Crippen LogP) is 3.89. The number of hydrogen-bond acceptors (Lipinski definition) is 3. The lowest BCUT2D eigenvalue weighted by atomic mass is 9.50. The van der Waals surface area contributed by atoms with Crippen molar-refractivity contribution in [3.05, 3.63) is 34.9 Å². The number of benzene rings is 1. The summed E-state index contributed by atoms with van der Waals surface area (Å²) in [5, 5.41) is 2.75. The summed E-state index contributed by atoms with van der Waals surface area (Å²) in [6.45, 7) is 2.13. The second-order valence-electron chi connectivity index (χ2n) is 9.80. The Morgan fingerprint density at radius 3 is 2.60 bits per heavy atom. The molecule has 1 saturated heterocycles. The van der Waals surface area contributed by atoms with Crippen molar-refractivity contribution in [2.24, 2.45) is 17.3 Å². The number of hydrogen-bond donors (Lipinski definition) is 1. The molecule has 3 aliphatic carbocycles. The summed E-state index contributed by atoms with van der Waals surface area (Å²) in [6.07, 6.45) is 8.69. The molecule has 4 nitrogen and oxygen atoms in total. The summed E-state index contributed by atoms with van der Waals surface area (Å²) >= 11 is 0. The minimum Gasteiger partial charge on any atom is -0.381 e. The molecule has 0 radical (unpaired) electrons. The lowest BCUT2D eigenvalue weighted by Crippen LogP contribution is -2.63. The first kappa shape index (κ1) is 19.8. The van der Waals surface area contributed by atoms with Crippen LogP contribution in [0.2, 0.25) is 0 Å². The molecule has 2 atom stereocenters. The van der Waals surface area contributed by atoms with Crippen molar-refractivity contribution < 1.29 is 14.3 Å². The number of carbonyl (C=O) groups is 2. The molecule has 158 valence electrons. The molecule has 4 heteroatoms. The van der Waals surface area contributed by atoms with Crippen LogP contribution < -0.4 is 5.32 Å². The van der Waals surface area contributed by atoms with Crippen molar-refractivity contribution in [1.82, 2.24) is 5.32 Å². The Kier molecular flexibility index (Phi) is 4.78. The van der Waals surface area contributed by atoms with Crippen LogP contribution in [0, 0.1) is 29.1 Å². The molecule has 1 heterocycles. The maximum Gasteiger partial charge on any atom is 0.238 e. The van der Waals surface area contributed by atoms with Crippen LogP contribution >= 0.6 is 0 Å². The smallest absolute Gasteiger partial charge is 0.238 e. The molecule has 2 unspecified atom stereocenters. The average Bonchev–Trinajstić information content (AvgIpc) is 3.54. The van der Waals surface area contributed by atoms with Gasteiger partial charge in [0.1, 0.15) is 0 Å². The van der Waals surface area contributed by atoms with Gasteiger partial charge in [-0.2, -0.15) is 0 Å². The summed E-state index contributed by atoms with van der Waals surface area (Å²) in [7, 11) is 1.79. The molecule has 30 heavy (non-hydrogen) atoms. The van der Waals surface area contributed by atoms with Gasteiger partial charge in [-0.05, 0) is 79.5 Å². The average molecular weight is 406 g/mol. The van der Waals surface area contributed by atoms with Gasteiger partial charge in [-0.15, -0.1) is 0 Å². The molecule has 1 aromatic carbocycles. The van der Waals surface area contributed by atoms with Crippen LogP contribution in [0.3, 0.4) is 0 Å². The van der Waals surface area contributed by atoms with E-state index in [4.69, 9.17) is 4.74 Å². The molecule has 0 bridgehead atoms. The summed E-state index contributed by atoms with van der Waals surface area (Å²) < 4.78 is 5.65. The van der Waals surface area contributed by atoms with Gasteiger partial charge in [0.25, 0.3) is 0 Å². The van der Waals surface area contributed by atoms with E-state index in [1.54, 1.807) is 7.11 Å². The van der Waals surface area contributed by atoms with E-state index in [1.807, 2.05) is 0 Å². The zero-order valence-electron chi connectivity index (χ0n) is 18.1. The fraction of sp³-hybridized carbons (Fsp3) is 0.615. The largest absolute Gasteiger partial charge is 0.381 e. The fourth-order valence-corrected chi connectivity index (χ4v) is 6.63. The normalized spacial score (nSPS) is 35.1. The fourth-order valence-electron chi connectivity index (χ4n) is 6.63. The van der Waals surface area contributed by atoms with Crippen molar-refractivity contribution >= 4 is 11.8 Å². The molecule has 1 aliphatic heterocycles. The van der Waals surface area contributed by atoms with Gasteiger partial charge < -0.3 is 4.74 Å². The van der Waals surface area contributed by atoms with E-state index in [-0.39, 0.29) is 29.3 Å². The Hall–Kier alpha value is -2.12. The molecule has 1 N–H and O–H groups in total. The number of carbonyl (C=O) groups excluding carboxylic acids is 2. The van der Waals surface area contributed by atoms with E-state index in [0.717, 1.165) is 49.7 Å². The van der Waals surface area contributed by atoms with Crippen LogP contribution in [-0.2, 0) is 26.2 Å². The van der Waals surface area contributed by atoms with Crippen LogP contribution in [0.5, 0.6) is 0 Å². The minimum absolute atomic E-state index is 0.0331. The second kappa shape index (κ2) is 7.24. The number of imide groups is 1. The van der Waals surface area contributed by atoms with Crippen molar-refractivity contribution in [3.8, 4) is 11.8 Å². The van der Waals surface area contributed by atoms with E-state index in [1.165, 1.54) is 18.4 Å². The van der Waals surface area contributed by atoms with Crippen molar-refractivity contribution in [2.75, 3.05) is 7.11 Å². The molecule has 2 amide bonds. The Morgan fingerprint density at radius 1 is 1.17 bits per heavy atom. The van der Waals surface area contributed by atoms with Gasteiger partial charge >= 0.3 is 0 Å². The molecular formula is C26H31NO3. The van der Waals surface area contributed by atoms with E-state index in [0.29, 0.717) is 12.3 Å². The molecular weight excluding hydrogens is 374 g/mol. The number of rotatable bonds is 2. The van der Waals surface area contributed by atoms with E-state index in [9.17, 15) is 9.59 Å². The Balaban J connectivity index is 1.65. The quantitative estimate of drug-likeness (QED) is 0.600. The maximum atomic E-state index is 13.8. The SMILES string of the molecule is CCC1CC(=O)NC(=O)C12c1cc(C#CC3CC3)ccc1CC21CCC(OC)CC1. The highest BCUT2D eigenvalue weighted by atomic mass is 16.5. The zero-order valence-corrected chi connectivity index (χ0v) is 18.1. The number of piperidine rings is 1. The van der Waals surface area contributed by atoms with Gasteiger partial charge in [-0.1, -0.05) is 31.3 Å². The second-order valence-corrected chi connectivity index (χ2v) is 9.80. The summed E-state index contributed by atoms with van der Waals surface area (Å²) in [5.74, 6) is 7.09. The van der Waals surface area contributed by atoms with Gasteiger partial charge in [0, 0.05) is 25.0 Å². The molecule has 5 rings (SSSR count). The molecule has 4 aliphatic rings. The van der Waals surface area contributed by atoms with Gasteiger partial charge in [0.2, 0.25) is 11.8 Å². The van der Waals surface area contributed by atoms with Gasteiger partial charge in [0.05, 0.1) is 11.5 Å². The Morgan fingerprint density at radius 2 is 1.93 bits per heavy atom. The third kappa shape index (κ3) is 2.86. The molecule has 2 spiro atoms. The molecule has 1 aromatic rings. The van der Waals surface area contributed by atoms with Crippen LogP contribution in [-0.4, -0.2) is 25.0 Å². The number of ether oxygens (including phenoxy) is 1. The summed E-state index contributed by atoms with van der Waals surface area (Å²) in [4.78, 5) is 26.1. The number of nitrogens with one attached hydrogen (secondary N) is 1. The lowest BCUT2D eigenvalue weighted by Gasteiger charge is -2.54. The standard InChI is InChI=1S/C26H31NO3/c1-3-20-15-23(28)27-24(29)26(20)22-14-18(7-6-17-4-5-17)8-9-19(22)16-25(26)12-10-21(30-2)11-13-25/h8-9,14,17,20-21H,3-5,10-13,15-16H2,1-2H3,(H,27,28,29). The summed E-state index contributed by atoms with van der Waals surface area (Å²) in [6, 6.07) is 6.50. The Labute approximate surface area is 179 Å². The third-order valence-electron chi connectivity index (χ3n) is 8.27. The highest BCUT2D eigenvalue weighted by Gasteiger charge is 2.66. The third-order valence-corrected chi connectivity index (χ3v) is 8.27. The number of methoxy groups -OCH3 is 1. The summed E-state index contributed by atoms with van der Waals surface area (Å²) in [5.41, 5.74) is 2.63. The van der Waals surface area contributed by atoms with Crippen LogP contribution in [0.15, 0.2) is 18.2 Å².